The number of amides is 3. The number of hydrogen-bond donors (Lipinski definition) is 5. The number of carboxylic acid groups (broad SMARTS) is 1. The van der Waals surface area contributed by atoms with E-state index in [4.69, 9.17) is 10.8 Å². The van der Waals surface area contributed by atoms with Crippen molar-refractivity contribution < 1.29 is 24.3 Å². The normalized spacial score (nSPS) is 21.7. The van der Waals surface area contributed by atoms with E-state index in [1.807, 2.05) is 84.2 Å². The number of likely N-dealkylation sites (tertiary alicyclic amines) is 2. The monoisotopic (exact) mass is 1070 g/mol. The highest BCUT2D eigenvalue weighted by molar-refractivity contribution is 5.94. The number of nitrogens with zero attached hydrogens (tertiary/aromatic N) is 6. The average molecular weight is 1070 g/mol. The Balaban J connectivity index is 0.000000169. The maximum absolute atomic E-state index is 13.3. The van der Waals surface area contributed by atoms with Gasteiger partial charge in [-0.3, -0.25) is 38.9 Å². The van der Waals surface area contributed by atoms with Crippen molar-refractivity contribution in [3.8, 4) is 0 Å². The summed E-state index contributed by atoms with van der Waals surface area (Å²) in [5, 5.41) is 18.3. The number of piperidine rings is 2. The topological polar surface area (TPSA) is 189 Å². The molecule has 0 saturated carbocycles. The van der Waals surface area contributed by atoms with Gasteiger partial charge in [0, 0.05) is 86.3 Å². The van der Waals surface area contributed by atoms with E-state index in [0.717, 1.165) is 63.0 Å². The van der Waals surface area contributed by atoms with E-state index in [1.54, 1.807) is 6.20 Å². The Morgan fingerprint density at radius 3 is 1.51 bits per heavy atom. The summed E-state index contributed by atoms with van der Waals surface area (Å²) in [7, 11) is 0. The van der Waals surface area contributed by atoms with E-state index in [0.29, 0.717) is 64.6 Å². The minimum atomic E-state index is -0.818. The second-order valence-corrected chi connectivity index (χ2v) is 21.5. The first kappa shape index (κ1) is 57.7. The molecule has 6 N–H and O–H groups in total. The van der Waals surface area contributed by atoms with Crippen molar-refractivity contribution >= 4 is 35.1 Å². The smallest absolute Gasteiger partial charge is 0.317 e. The van der Waals surface area contributed by atoms with E-state index >= 15 is 0 Å². The van der Waals surface area contributed by atoms with E-state index in [2.05, 4.69) is 113 Å². The molecule has 6 aliphatic rings. The maximum Gasteiger partial charge on any atom is 0.317 e. The molecule has 416 valence electrons. The summed E-state index contributed by atoms with van der Waals surface area (Å²) in [5.41, 5.74) is 15.4. The Kier molecular flexibility index (Phi) is 19.3. The van der Waals surface area contributed by atoms with Crippen LogP contribution in [-0.4, -0.2) is 124 Å². The molecule has 4 aliphatic heterocycles. The van der Waals surface area contributed by atoms with Crippen LogP contribution in [0.3, 0.4) is 0 Å². The number of nitrogens with one attached hydrogen (secondary N) is 3. The predicted molar refractivity (Wildman–Crippen MR) is 313 cm³/mol. The molecule has 3 amide bonds. The van der Waals surface area contributed by atoms with Crippen LogP contribution < -0.4 is 31.5 Å². The van der Waals surface area contributed by atoms with E-state index in [9.17, 15) is 19.2 Å². The number of aryl methyl sites for hydroxylation is 2. The second kappa shape index (κ2) is 26.5. The first-order valence-corrected chi connectivity index (χ1v) is 27.5. The second-order valence-electron chi connectivity index (χ2n) is 21.5. The third-order valence-electron chi connectivity index (χ3n) is 17.0. The van der Waals surface area contributed by atoms with Crippen LogP contribution >= 0.6 is 0 Å². The molecule has 4 aromatic carbocycles. The lowest BCUT2D eigenvalue weighted by atomic mass is 9.76. The number of anilines is 2. The summed E-state index contributed by atoms with van der Waals surface area (Å²) < 4.78 is 0. The Bertz CT molecular complexity index is 2930. The molecule has 6 heterocycles. The number of aliphatic carboxylic acids is 1. The molecule has 0 radical (unpaired) electrons. The van der Waals surface area contributed by atoms with Crippen molar-refractivity contribution in [2.45, 2.75) is 114 Å². The van der Waals surface area contributed by atoms with Crippen molar-refractivity contribution in [2.75, 3.05) is 62.4 Å². The standard InChI is InChI=1S/C31H35N5O2.C16H18N2.C15H19N3O3.2CH4/c37-29(21-35-17-14-31(15-18-35)30(38)33-22-36(31)25-9-2-1-3-10-25)34-28-13-12-24-8-4-5-11-26(24)27(28)19-23-7-6-16-32-20-23;17-16-8-7-13-5-1-2-6-14(13)15(16)10-12-4-3-9-18-11-12;19-13(20)10-17-8-6-15(7-9-17)14(21)16-11-18(15)12-4-2-1-3-5-12;;/h1-11,16,20,27-28H,12-15,17-19,21-22H2,(H,33,38)(H,34,37);1-6,9,11,15-16H,7-8,10,17H2;1-5H,6-11H2,(H,16,21)(H,19,20);2*1H4. The molecule has 2 aromatic heterocycles. The van der Waals surface area contributed by atoms with Crippen LogP contribution in [0.4, 0.5) is 11.4 Å². The fraction of sp³-hybridized carbons (Fsp3) is 0.406. The van der Waals surface area contributed by atoms with Gasteiger partial charge in [0.15, 0.2) is 0 Å². The largest absolute Gasteiger partial charge is 0.480 e. The average Bonchev–Trinajstić information content (AvgIpc) is 4.08. The summed E-state index contributed by atoms with van der Waals surface area (Å²) in [4.78, 5) is 66.3. The number of carbonyl (C=O) groups is 4. The number of nitrogens with two attached hydrogens (primary N) is 1. The number of hydrogen-bond acceptors (Lipinski definition) is 11. The summed E-state index contributed by atoms with van der Waals surface area (Å²) in [6.45, 7) is 4.15. The van der Waals surface area contributed by atoms with Gasteiger partial charge in [-0.15, -0.1) is 0 Å². The molecule has 4 fully saturated rings. The number of fused-ring (bicyclic) bond motifs is 2. The number of para-hydroxylation sites is 2. The molecule has 12 rings (SSSR count). The van der Waals surface area contributed by atoms with Crippen LogP contribution in [0.1, 0.15) is 98.6 Å². The molecule has 6 aromatic rings. The Morgan fingerprint density at radius 2 is 1.03 bits per heavy atom. The molecule has 0 bridgehead atoms. The number of carboxylic acids is 1. The molecular weight excluding hydrogens is 989 g/mol. The molecule has 79 heavy (non-hydrogen) atoms. The minimum Gasteiger partial charge on any atom is -0.480 e. The van der Waals surface area contributed by atoms with Crippen molar-refractivity contribution in [1.82, 2.24) is 35.7 Å². The fourth-order valence-electron chi connectivity index (χ4n) is 12.8. The van der Waals surface area contributed by atoms with Gasteiger partial charge in [0.05, 0.1) is 26.4 Å². The van der Waals surface area contributed by atoms with Crippen LogP contribution in [0.25, 0.3) is 0 Å². The highest BCUT2D eigenvalue weighted by atomic mass is 16.4. The quantitative estimate of drug-likeness (QED) is 0.0851. The summed E-state index contributed by atoms with van der Waals surface area (Å²) >= 11 is 0. The van der Waals surface area contributed by atoms with E-state index < -0.39 is 17.0 Å². The molecule has 4 atom stereocenters. The van der Waals surface area contributed by atoms with Gasteiger partial charge in [-0.25, -0.2) is 0 Å². The van der Waals surface area contributed by atoms with Crippen molar-refractivity contribution in [3.63, 3.8) is 0 Å². The van der Waals surface area contributed by atoms with Crippen molar-refractivity contribution in [3.05, 3.63) is 192 Å². The first-order valence-electron chi connectivity index (χ1n) is 27.5. The number of pyridine rings is 2. The zero-order valence-corrected chi connectivity index (χ0v) is 43.9. The van der Waals surface area contributed by atoms with Crippen molar-refractivity contribution in [1.29, 1.82) is 0 Å². The van der Waals surface area contributed by atoms with Crippen LogP contribution in [0.2, 0.25) is 0 Å². The molecule has 4 saturated heterocycles. The molecule has 15 heteroatoms. The molecule has 4 unspecified atom stereocenters. The van der Waals surface area contributed by atoms with Gasteiger partial charge in [-0.1, -0.05) is 112 Å². The van der Waals surface area contributed by atoms with Crippen LogP contribution in [0.15, 0.2) is 158 Å². The number of benzene rings is 4. The first-order chi connectivity index (χ1) is 37.6. The summed E-state index contributed by atoms with van der Waals surface area (Å²) in [6.07, 6.45) is 16.2. The van der Waals surface area contributed by atoms with Crippen LogP contribution in [0, 0.1) is 0 Å². The lowest BCUT2D eigenvalue weighted by Crippen LogP contribution is -2.57. The summed E-state index contributed by atoms with van der Waals surface area (Å²) in [5.74, 6) is 0.0587. The number of rotatable bonds is 11. The third-order valence-corrected chi connectivity index (χ3v) is 17.0. The summed E-state index contributed by atoms with van der Waals surface area (Å²) in [6, 6.07) is 45.9. The highest BCUT2D eigenvalue weighted by Gasteiger charge is 2.51. The third kappa shape index (κ3) is 13.2. The lowest BCUT2D eigenvalue weighted by Gasteiger charge is -2.43. The van der Waals surface area contributed by atoms with Gasteiger partial charge >= 0.3 is 5.97 Å². The zero-order valence-electron chi connectivity index (χ0n) is 43.9. The van der Waals surface area contributed by atoms with E-state index in [1.165, 1.54) is 33.4 Å². The molecule has 2 spiro atoms. The van der Waals surface area contributed by atoms with Gasteiger partial charge in [0.25, 0.3) is 0 Å². The van der Waals surface area contributed by atoms with Crippen LogP contribution in [0.5, 0.6) is 0 Å². The van der Waals surface area contributed by atoms with Gasteiger partial charge < -0.3 is 36.6 Å². The Hall–Kier alpha value is -7.46. The van der Waals surface area contributed by atoms with E-state index in [-0.39, 0.29) is 57.1 Å². The molecule has 15 nitrogen and oxygen atoms in total. The maximum atomic E-state index is 13.3. The Morgan fingerprint density at radius 1 is 0.582 bits per heavy atom. The van der Waals surface area contributed by atoms with Gasteiger partial charge in [0.2, 0.25) is 17.7 Å². The molecule has 2 aliphatic carbocycles. The fourth-order valence-corrected chi connectivity index (χ4v) is 12.8. The Labute approximate surface area is 467 Å². The van der Waals surface area contributed by atoms with Crippen LogP contribution in [-0.2, 0) is 44.9 Å². The van der Waals surface area contributed by atoms with Crippen molar-refractivity contribution in [2.24, 2.45) is 5.73 Å². The number of aromatic nitrogens is 2. The lowest BCUT2D eigenvalue weighted by molar-refractivity contribution is -0.139. The SMILES string of the molecule is C.C.NC1CCc2ccccc2C1Cc1cccnc1.O=C(CN1CCC2(CC1)C(=O)NCN2c1ccccc1)NC1CCc2ccccc2C1Cc1cccnc1.O=C(O)CN1CCC2(CC1)C(=O)NCN2c1ccccc1. The highest BCUT2D eigenvalue weighted by Crippen LogP contribution is 2.39. The zero-order chi connectivity index (χ0) is 53.2. The number of carbonyl (C=O) groups excluding carboxylic acids is 3. The minimum absolute atomic E-state index is 0. The predicted octanol–water partition coefficient (Wildman–Crippen LogP) is 7.72. The molecular formula is C64H80N10O5. The van der Waals surface area contributed by atoms with Gasteiger partial charge in [-0.05, 0) is 134 Å². The van der Waals surface area contributed by atoms with Gasteiger partial charge in [-0.2, -0.15) is 0 Å². The van der Waals surface area contributed by atoms with Gasteiger partial charge in [0.1, 0.15) is 11.1 Å².